The molecule has 0 spiro atoms. The summed E-state index contributed by atoms with van der Waals surface area (Å²) < 4.78 is 5.00. The summed E-state index contributed by atoms with van der Waals surface area (Å²) in [5.41, 5.74) is 0. The minimum Gasteiger partial charge on any atom is -0.481 e. The van der Waals surface area contributed by atoms with Gasteiger partial charge in [0.1, 0.15) is 0 Å². The molecule has 0 aromatic rings. The van der Waals surface area contributed by atoms with E-state index in [4.69, 9.17) is 9.84 Å². The fourth-order valence-corrected chi connectivity index (χ4v) is 2.09. The second-order valence-electron chi connectivity index (χ2n) is 4.27. The zero-order chi connectivity index (χ0) is 12.8. The lowest BCUT2D eigenvalue weighted by molar-refractivity contribution is -0.142. The number of carbonyl (C=O) groups is 2. The minimum absolute atomic E-state index is 0.167. The van der Waals surface area contributed by atoms with E-state index in [1.807, 2.05) is 11.8 Å². The molecule has 0 aromatic heterocycles. The molecule has 2 atom stereocenters. The SMILES string of the molecule is COCCN1C(C)CCNC(=O)C1CC(=O)O. The normalized spacial score (nSPS) is 26.4. The molecule has 2 unspecified atom stereocenters. The number of rotatable bonds is 5. The number of methoxy groups -OCH3 is 1. The molecule has 17 heavy (non-hydrogen) atoms. The van der Waals surface area contributed by atoms with Crippen molar-refractivity contribution in [3.63, 3.8) is 0 Å². The van der Waals surface area contributed by atoms with Crippen LogP contribution >= 0.6 is 0 Å². The van der Waals surface area contributed by atoms with Gasteiger partial charge < -0.3 is 15.2 Å². The van der Waals surface area contributed by atoms with Crippen molar-refractivity contribution < 1.29 is 19.4 Å². The maximum absolute atomic E-state index is 11.8. The van der Waals surface area contributed by atoms with Crippen LogP contribution < -0.4 is 5.32 Å². The van der Waals surface area contributed by atoms with Gasteiger partial charge in [-0.3, -0.25) is 14.5 Å². The molecule has 0 aliphatic carbocycles. The molecular weight excluding hydrogens is 224 g/mol. The summed E-state index contributed by atoms with van der Waals surface area (Å²) in [7, 11) is 1.59. The number of carbonyl (C=O) groups excluding carboxylic acids is 1. The van der Waals surface area contributed by atoms with Crippen LogP contribution in [0.1, 0.15) is 19.8 Å². The topological polar surface area (TPSA) is 78.9 Å². The summed E-state index contributed by atoms with van der Waals surface area (Å²) in [4.78, 5) is 24.5. The van der Waals surface area contributed by atoms with Crippen LogP contribution in [0.15, 0.2) is 0 Å². The Morgan fingerprint density at radius 2 is 2.35 bits per heavy atom. The molecule has 1 saturated heterocycles. The molecule has 0 aromatic carbocycles. The third-order valence-electron chi connectivity index (χ3n) is 3.05. The molecule has 1 rings (SSSR count). The van der Waals surface area contributed by atoms with Gasteiger partial charge in [0.2, 0.25) is 5.91 Å². The van der Waals surface area contributed by atoms with Crippen LogP contribution in [0.2, 0.25) is 0 Å². The lowest BCUT2D eigenvalue weighted by Crippen LogP contribution is -2.49. The highest BCUT2D eigenvalue weighted by atomic mass is 16.5. The van der Waals surface area contributed by atoms with Gasteiger partial charge in [0.15, 0.2) is 0 Å². The first-order valence-electron chi connectivity index (χ1n) is 5.80. The van der Waals surface area contributed by atoms with Crippen LogP contribution in [0.4, 0.5) is 0 Å². The highest BCUT2D eigenvalue weighted by molar-refractivity contribution is 5.86. The van der Waals surface area contributed by atoms with Crippen molar-refractivity contribution in [2.45, 2.75) is 31.8 Å². The molecule has 6 nitrogen and oxygen atoms in total. The molecule has 1 aliphatic rings. The van der Waals surface area contributed by atoms with Gasteiger partial charge in [0, 0.05) is 26.2 Å². The second kappa shape index (κ2) is 6.56. The summed E-state index contributed by atoms with van der Waals surface area (Å²) in [5.74, 6) is -1.16. The molecule has 2 N–H and O–H groups in total. The fourth-order valence-electron chi connectivity index (χ4n) is 2.09. The highest BCUT2D eigenvalue weighted by Crippen LogP contribution is 2.15. The van der Waals surface area contributed by atoms with E-state index in [2.05, 4.69) is 5.32 Å². The van der Waals surface area contributed by atoms with Gasteiger partial charge >= 0.3 is 5.97 Å². The van der Waals surface area contributed by atoms with Crippen molar-refractivity contribution in [1.29, 1.82) is 0 Å². The predicted molar refractivity (Wildman–Crippen MR) is 61.7 cm³/mol. The van der Waals surface area contributed by atoms with E-state index in [-0.39, 0.29) is 18.4 Å². The fraction of sp³-hybridized carbons (Fsp3) is 0.818. The standard InChI is InChI=1S/C11H20N2O4/c1-8-3-4-12-11(16)9(7-10(14)15)13(8)5-6-17-2/h8-9H,3-7H2,1-2H3,(H,12,16)(H,14,15). The molecule has 1 heterocycles. The van der Waals surface area contributed by atoms with E-state index < -0.39 is 12.0 Å². The van der Waals surface area contributed by atoms with E-state index in [1.165, 1.54) is 0 Å². The summed E-state index contributed by atoms with van der Waals surface area (Å²) >= 11 is 0. The van der Waals surface area contributed by atoms with Crippen molar-refractivity contribution in [2.75, 3.05) is 26.8 Å². The summed E-state index contributed by atoms with van der Waals surface area (Å²) in [6, 6.07) is -0.423. The molecule has 6 heteroatoms. The Hall–Kier alpha value is -1.14. The van der Waals surface area contributed by atoms with E-state index in [9.17, 15) is 9.59 Å². The zero-order valence-corrected chi connectivity index (χ0v) is 10.3. The average Bonchev–Trinajstić information content (AvgIpc) is 2.38. The van der Waals surface area contributed by atoms with Crippen LogP contribution in [0.3, 0.4) is 0 Å². The number of ether oxygens (including phenoxy) is 1. The largest absolute Gasteiger partial charge is 0.481 e. The number of nitrogens with one attached hydrogen (secondary N) is 1. The van der Waals surface area contributed by atoms with Crippen molar-refractivity contribution in [2.24, 2.45) is 0 Å². The van der Waals surface area contributed by atoms with E-state index in [0.717, 1.165) is 6.42 Å². The van der Waals surface area contributed by atoms with Crippen molar-refractivity contribution in [3.05, 3.63) is 0 Å². The van der Waals surface area contributed by atoms with Gasteiger partial charge in [-0.05, 0) is 13.3 Å². The lowest BCUT2D eigenvalue weighted by atomic mass is 10.1. The first kappa shape index (κ1) is 13.9. The van der Waals surface area contributed by atoms with Gasteiger partial charge in [-0.1, -0.05) is 0 Å². The van der Waals surface area contributed by atoms with Crippen LogP contribution in [0.25, 0.3) is 0 Å². The smallest absolute Gasteiger partial charge is 0.305 e. The highest BCUT2D eigenvalue weighted by Gasteiger charge is 2.33. The van der Waals surface area contributed by atoms with Gasteiger partial charge in [-0.25, -0.2) is 0 Å². The maximum atomic E-state index is 11.8. The number of hydrogen-bond donors (Lipinski definition) is 2. The van der Waals surface area contributed by atoms with Crippen LogP contribution in [-0.2, 0) is 14.3 Å². The zero-order valence-electron chi connectivity index (χ0n) is 10.3. The summed E-state index contributed by atoms with van der Waals surface area (Å²) in [6.45, 7) is 3.67. The third-order valence-corrected chi connectivity index (χ3v) is 3.05. The van der Waals surface area contributed by atoms with Crippen LogP contribution in [0, 0.1) is 0 Å². The van der Waals surface area contributed by atoms with E-state index in [1.54, 1.807) is 7.11 Å². The Labute approximate surface area is 101 Å². The number of hydrogen-bond acceptors (Lipinski definition) is 4. The minimum atomic E-state index is -0.957. The molecule has 98 valence electrons. The maximum Gasteiger partial charge on any atom is 0.305 e. The Bertz CT molecular complexity index is 283. The quantitative estimate of drug-likeness (QED) is 0.693. The van der Waals surface area contributed by atoms with Crippen LogP contribution in [0.5, 0.6) is 0 Å². The Kier molecular flexibility index (Phi) is 5.37. The molecule has 1 aliphatic heterocycles. The molecule has 1 amide bonds. The van der Waals surface area contributed by atoms with Gasteiger partial charge in [0.05, 0.1) is 19.1 Å². The van der Waals surface area contributed by atoms with Crippen LogP contribution in [-0.4, -0.2) is 60.8 Å². The molecule has 0 saturated carbocycles. The Morgan fingerprint density at radius 1 is 1.65 bits per heavy atom. The number of carboxylic acid groups (broad SMARTS) is 1. The van der Waals surface area contributed by atoms with Crippen molar-refractivity contribution >= 4 is 11.9 Å². The molecule has 0 bridgehead atoms. The predicted octanol–water partition coefficient (Wildman–Crippen LogP) is -0.313. The Balaban J connectivity index is 2.78. The van der Waals surface area contributed by atoms with Gasteiger partial charge in [-0.2, -0.15) is 0 Å². The summed E-state index contributed by atoms with van der Waals surface area (Å²) in [5, 5.41) is 11.6. The first-order valence-corrected chi connectivity index (χ1v) is 5.80. The molecular formula is C11H20N2O4. The number of amides is 1. The second-order valence-corrected chi connectivity index (χ2v) is 4.27. The van der Waals surface area contributed by atoms with E-state index >= 15 is 0 Å². The average molecular weight is 244 g/mol. The first-order chi connectivity index (χ1) is 8.06. The van der Waals surface area contributed by atoms with Crippen molar-refractivity contribution in [3.8, 4) is 0 Å². The number of carboxylic acids is 1. The third kappa shape index (κ3) is 3.98. The lowest BCUT2D eigenvalue weighted by Gasteiger charge is -2.31. The van der Waals surface area contributed by atoms with Gasteiger partial charge in [0.25, 0.3) is 0 Å². The number of aliphatic carboxylic acids is 1. The monoisotopic (exact) mass is 244 g/mol. The molecule has 0 radical (unpaired) electrons. The summed E-state index contributed by atoms with van der Waals surface area (Å²) in [6.07, 6.45) is 0.658. The van der Waals surface area contributed by atoms with E-state index in [0.29, 0.717) is 19.7 Å². The molecule has 1 fully saturated rings. The van der Waals surface area contributed by atoms with Gasteiger partial charge in [-0.15, -0.1) is 0 Å². The van der Waals surface area contributed by atoms with Crippen molar-refractivity contribution in [1.82, 2.24) is 10.2 Å². The Morgan fingerprint density at radius 3 is 2.94 bits per heavy atom. The number of nitrogens with zero attached hydrogens (tertiary/aromatic N) is 1.